The third-order valence-electron chi connectivity index (χ3n) is 7.13. The predicted molar refractivity (Wildman–Crippen MR) is 114 cm³/mol. The van der Waals surface area contributed by atoms with Crippen molar-refractivity contribution in [3.05, 3.63) is 34.9 Å². The molecule has 0 aromatic heterocycles. The topological polar surface area (TPSA) is 88.8 Å². The molecular weight excluding hydrogens is 370 g/mol. The second kappa shape index (κ2) is 7.53. The Labute approximate surface area is 169 Å². The van der Waals surface area contributed by atoms with Gasteiger partial charge in [0.2, 0.25) is 0 Å². The molecule has 0 saturated carbocycles. The van der Waals surface area contributed by atoms with Gasteiger partial charge in [0.1, 0.15) is 12.1 Å². The molecule has 1 aliphatic carbocycles. The second-order valence-electron chi connectivity index (χ2n) is 9.86. The van der Waals surface area contributed by atoms with Crippen LogP contribution in [0.15, 0.2) is 18.2 Å². The Morgan fingerprint density at radius 1 is 1.39 bits per heavy atom. The highest BCUT2D eigenvalue weighted by Crippen LogP contribution is 2.48. The lowest BCUT2D eigenvalue weighted by molar-refractivity contribution is 0.0288. The zero-order chi connectivity index (χ0) is 20.7. The van der Waals surface area contributed by atoms with Crippen molar-refractivity contribution in [3.63, 3.8) is 0 Å². The van der Waals surface area contributed by atoms with Crippen LogP contribution in [0.1, 0.15) is 50.3 Å². The molecule has 2 atom stereocenters. The monoisotopic (exact) mass is 405 g/mol. The van der Waals surface area contributed by atoms with Crippen LogP contribution in [0, 0.1) is 5.41 Å². The molecule has 7 heteroatoms. The smallest absolute Gasteiger partial charge is 0.192 e. The van der Waals surface area contributed by atoms with Crippen molar-refractivity contribution in [2.24, 2.45) is 0 Å². The van der Waals surface area contributed by atoms with E-state index in [0.717, 1.165) is 37.1 Å². The summed E-state index contributed by atoms with van der Waals surface area (Å²) in [5.41, 5.74) is 5.00. The van der Waals surface area contributed by atoms with Gasteiger partial charge in [-0.2, -0.15) is 0 Å². The van der Waals surface area contributed by atoms with E-state index in [-0.39, 0.29) is 16.3 Å². The van der Waals surface area contributed by atoms with E-state index < -0.39 is 14.5 Å². The summed E-state index contributed by atoms with van der Waals surface area (Å²) in [5.74, 6) is 0.0343. The van der Waals surface area contributed by atoms with Gasteiger partial charge in [-0.05, 0) is 48.5 Å². The number of aliphatic hydroxyl groups is 1. The van der Waals surface area contributed by atoms with Gasteiger partial charge in [-0.1, -0.05) is 39.0 Å². The maximum atomic E-state index is 10.7. The van der Waals surface area contributed by atoms with Gasteiger partial charge in [0.15, 0.2) is 8.32 Å². The Bertz CT molecular complexity index is 747. The Morgan fingerprint density at radius 3 is 2.75 bits per heavy atom. The Balaban J connectivity index is 1.71. The maximum Gasteiger partial charge on any atom is 0.192 e. The molecule has 28 heavy (non-hydrogen) atoms. The minimum atomic E-state index is -1.78. The lowest BCUT2D eigenvalue weighted by atomic mass is 9.80. The maximum absolute atomic E-state index is 10.7. The summed E-state index contributed by atoms with van der Waals surface area (Å²) in [4.78, 5) is 2.14. The molecule has 1 aromatic rings. The van der Waals surface area contributed by atoms with Crippen LogP contribution in [-0.4, -0.2) is 55.3 Å². The molecule has 156 valence electrons. The summed E-state index contributed by atoms with van der Waals surface area (Å²) in [6.07, 6.45) is 2.09. The standard InChI is InChI=1S/C21H35N3O3Si/c1-20(2,3)28(4,5)27-12-11-24-14-21(13-18(24)25)10-9-15-16(19(22)23-26)7-6-8-17(15)21/h6-8,18,25-26H,9-14H2,1-5H3,(H2,22,23). The lowest BCUT2D eigenvalue weighted by Gasteiger charge is -2.36. The first-order valence-electron chi connectivity index (χ1n) is 10.2. The first kappa shape index (κ1) is 21.5. The quantitative estimate of drug-likeness (QED) is 0.261. The fourth-order valence-corrected chi connectivity index (χ4v) is 5.46. The number of benzene rings is 1. The van der Waals surface area contributed by atoms with Gasteiger partial charge in [-0.15, -0.1) is 0 Å². The van der Waals surface area contributed by atoms with Gasteiger partial charge >= 0.3 is 0 Å². The minimum Gasteiger partial charge on any atom is -0.416 e. The number of fused-ring (bicyclic) bond motifs is 2. The fourth-order valence-electron chi connectivity index (χ4n) is 4.42. The molecule has 0 radical (unpaired) electrons. The fraction of sp³-hybridized carbons (Fsp3) is 0.667. The number of nitrogens with zero attached hydrogens (tertiary/aromatic N) is 1. The highest BCUT2D eigenvalue weighted by atomic mass is 28.4. The Kier molecular flexibility index (Phi) is 5.77. The van der Waals surface area contributed by atoms with E-state index in [1.165, 1.54) is 5.56 Å². The summed E-state index contributed by atoms with van der Waals surface area (Å²) in [5, 5.41) is 28.0. The zero-order valence-electron chi connectivity index (χ0n) is 17.8. The van der Waals surface area contributed by atoms with Gasteiger partial charge < -0.3 is 9.53 Å². The summed E-state index contributed by atoms with van der Waals surface area (Å²) in [6, 6.07) is 5.95. The minimum absolute atomic E-state index is 0.0343. The number of rotatable bonds is 5. The van der Waals surface area contributed by atoms with Crippen LogP contribution in [-0.2, 0) is 16.3 Å². The molecule has 0 amide bonds. The Hall–Kier alpha value is -1.25. The number of likely N-dealkylation sites (tertiary alicyclic amines) is 1. The number of hydroxylamine groups is 1. The molecule has 1 aliphatic heterocycles. The third kappa shape index (κ3) is 3.78. The van der Waals surface area contributed by atoms with E-state index in [4.69, 9.17) is 15.0 Å². The normalized spacial score (nSPS) is 25.3. The molecule has 3 rings (SSSR count). The van der Waals surface area contributed by atoms with Gasteiger partial charge in [0.25, 0.3) is 0 Å². The van der Waals surface area contributed by atoms with Gasteiger partial charge in [-0.25, -0.2) is 0 Å². The van der Waals surface area contributed by atoms with Crippen LogP contribution < -0.4 is 5.48 Å². The van der Waals surface area contributed by atoms with Crippen molar-refractivity contribution in [1.82, 2.24) is 10.4 Å². The number of hydrogen-bond donors (Lipinski definition) is 4. The van der Waals surface area contributed by atoms with Crippen LogP contribution >= 0.6 is 0 Å². The molecule has 1 spiro atoms. The van der Waals surface area contributed by atoms with E-state index in [9.17, 15) is 5.11 Å². The van der Waals surface area contributed by atoms with Crippen molar-refractivity contribution in [1.29, 1.82) is 5.41 Å². The van der Waals surface area contributed by atoms with E-state index >= 15 is 0 Å². The van der Waals surface area contributed by atoms with E-state index in [1.807, 2.05) is 17.6 Å². The largest absolute Gasteiger partial charge is 0.416 e. The molecule has 0 bridgehead atoms. The number of aliphatic hydroxyl groups excluding tert-OH is 1. The van der Waals surface area contributed by atoms with Crippen molar-refractivity contribution >= 4 is 14.2 Å². The molecule has 6 nitrogen and oxygen atoms in total. The first-order chi connectivity index (χ1) is 13.0. The molecule has 2 aliphatic rings. The van der Waals surface area contributed by atoms with Crippen LogP contribution in [0.2, 0.25) is 18.1 Å². The molecular formula is C21H35N3O3Si. The van der Waals surface area contributed by atoms with Gasteiger partial charge in [-0.3, -0.25) is 21.0 Å². The average molecular weight is 406 g/mol. The number of amidine groups is 1. The van der Waals surface area contributed by atoms with Gasteiger partial charge in [0.05, 0.1) is 0 Å². The highest BCUT2D eigenvalue weighted by Gasteiger charge is 2.48. The average Bonchev–Trinajstić information content (AvgIpc) is 3.13. The second-order valence-corrected chi connectivity index (χ2v) is 14.7. The lowest BCUT2D eigenvalue weighted by Crippen LogP contribution is -2.43. The molecule has 1 aromatic carbocycles. The molecule has 1 fully saturated rings. The molecule has 4 N–H and O–H groups in total. The van der Waals surface area contributed by atoms with Crippen LogP contribution in [0.5, 0.6) is 0 Å². The van der Waals surface area contributed by atoms with E-state index in [2.05, 4.69) is 44.8 Å². The predicted octanol–water partition coefficient (Wildman–Crippen LogP) is 3.22. The highest BCUT2D eigenvalue weighted by molar-refractivity contribution is 6.74. The van der Waals surface area contributed by atoms with Crippen LogP contribution in [0.25, 0.3) is 0 Å². The molecule has 1 heterocycles. The summed E-state index contributed by atoms with van der Waals surface area (Å²) < 4.78 is 6.31. The number of nitrogens with one attached hydrogen (secondary N) is 2. The summed E-state index contributed by atoms with van der Waals surface area (Å²) >= 11 is 0. The van der Waals surface area contributed by atoms with Crippen molar-refractivity contribution < 1.29 is 14.7 Å². The van der Waals surface area contributed by atoms with Crippen LogP contribution in [0.4, 0.5) is 0 Å². The van der Waals surface area contributed by atoms with E-state index in [1.54, 1.807) is 0 Å². The number of hydrogen-bond acceptors (Lipinski definition) is 5. The summed E-state index contributed by atoms with van der Waals surface area (Å²) in [7, 11) is -1.78. The van der Waals surface area contributed by atoms with Crippen molar-refractivity contribution in [2.45, 2.75) is 69.8 Å². The molecule has 2 unspecified atom stereocenters. The van der Waals surface area contributed by atoms with Crippen LogP contribution in [0.3, 0.4) is 0 Å². The van der Waals surface area contributed by atoms with Gasteiger partial charge in [0, 0.05) is 30.7 Å². The van der Waals surface area contributed by atoms with Crippen molar-refractivity contribution in [2.75, 3.05) is 19.7 Å². The summed E-state index contributed by atoms with van der Waals surface area (Å²) in [6.45, 7) is 13.4. The third-order valence-corrected chi connectivity index (χ3v) is 11.7. The van der Waals surface area contributed by atoms with E-state index in [0.29, 0.717) is 13.0 Å². The van der Waals surface area contributed by atoms with Crippen molar-refractivity contribution in [3.8, 4) is 0 Å². The Morgan fingerprint density at radius 2 is 2.11 bits per heavy atom. The first-order valence-corrected chi connectivity index (χ1v) is 13.1. The SMILES string of the molecule is CC(C)(C)[Si](C)(C)OCCN1CC2(CCc3c(C(=N)NO)cccc32)CC1O. The zero-order valence-corrected chi connectivity index (χ0v) is 18.8. The molecule has 1 saturated heterocycles.